The molecule has 0 aliphatic heterocycles. The average Bonchev–Trinajstić information content (AvgIpc) is 2.76. The van der Waals surface area contributed by atoms with Gasteiger partial charge in [-0.3, -0.25) is 4.79 Å². The topological polar surface area (TPSA) is 29.5 Å². The van der Waals surface area contributed by atoms with E-state index in [1.165, 1.54) is 5.57 Å². The van der Waals surface area contributed by atoms with E-state index in [1.807, 2.05) is 26.8 Å². The van der Waals surface area contributed by atoms with E-state index in [0.717, 1.165) is 6.42 Å². The second kappa shape index (κ2) is 4.35. The molecule has 0 radical (unpaired) electrons. The predicted molar refractivity (Wildman–Crippen MR) is 60.6 cm³/mol. The van der Waals surface area contributed by atoms with Crippen molar-refractivity contribution in [2.45, 2.75) is 33.3 Å². The van der Waals surface area contributed by atoms with E-state index in [1.54, 1.807) is 19.0 Å². The molecule has 0 N–H and O–H groups in total. The molecule has 0 spiro atoms. The third-order valence-corrected chi connectivity index (χ3v) is 2.84. The lowest BCUT2D eigenvalue weighted by molar-refractivity contribution is -0.135. The van der Waals surface area contributed by atoms with E-state index in [9.17, 15) is 4.79 Å². The number of carbonyl (C=O) groups excluding carboxylic acids is 1. The van der Waals surface area contributed by atoms with Gasteiger partial charge in [0.15, 0.2) is 0 Å². The van der Waals surface area contributed by atoms with Gasteiger partial charge in [-0.05, 0) is 27.2 Å². The summed E-state index contributed by atoms with van der Waals surface area (Å²) in [5, 5.41) is 0. The van der Waals surface area contributed by atoms with Crippen LogP contribution in [0.15, 0.2) is 11.6 Å². The standard InChI is InChI=1S/C12H21NO2/c1-9(2)6-7-15-10-8-12(10,3)11(14)13(4)5/h6,10H,7-8H2,1-5H3/t10-,12+/m1/s1. The van der Waals surface area contributed by atoms with Crippen molar-refractivity contribution in [2.75, 3.05) is 20.7 Å². The van der Waals surface area contributed by atoms with Gasteiger partial charge in [0, 0.05) is 14.1 Å². The van der Waals surface area contributed by atoms with E-state index in [2.05, 4.69) is 0 Å². The zero-order valence-electron chi connectivity index (χ0n) is 10.3. The van der Waals surface area contributed by atoms with Gasteiger partial charge >= 0.3 is 0 Å². The zero-order chi connectivity index (χ0) is 11.6. The summed E-state index contributed by atoms with van der Waals surface area (Å²) in [5.74, 6) is 0.171. The third kappa shape index (κ3) is 2.81. The molecule has 1 rings (SSSR count). The van der Waals surface area contributed by atoms with Gasteiger partial charge in [0.1, 0.15) is 0 Å². The Morgan fingerprint density at radius 2 is 2.13 bits per heavy atom. The summed E-state index contributed by atoms with van der Waals surface area (Å²) in [4.78, 5) is 13.4. The van der Waals surface area contributed by atoms with E-state index in [-0.39, 0.29) is 17.4 Å². The zero-order valence-corrected chi connectivity index (χ0v) is 10.3. The van der Waals surface area contributed by atoms with Gasteiger partial charge in [0.05, 0.1) is 18.1 Å². The maximum atomic E-state index is 11.8. The predicted octanol–water partition coefficient (Wildman–Crippen LogP) is 1.84. The second-order valence-electron chi connectivity index (χ2n) is 4.92. The van der Waals surface area contributed by atoms with Gasteiger partial charge < -0.3 is 9.64 Å². The molecule has 2 atom stereocenters. The minimum atomic E-state index is -0.279. The van der Waals surface area contributed by atoms with Crippen molar-refractivity contribution >= 4 is 5.91 Å². The minimum absolute atomic E-state index is 0.1000. The Balaban J connectivity index is 2.39. The van der Waals surface area contributed by atoms with Crippen molar-refractivity contribution in [3.63, 3.8) is 0 Å². The molecule has 0 aromatic heterocycles. The Morgan fingerprint density at radius 1 is 1.53 bits per heavy atom. The lowest BCUT2D eigenvalue weighted by Gasteiger charge is -2.16. The molecule has 1 aliphatic carbocycles. The summed E-state index contributed by atoms with van der Waals surface area (Å²) in [6, 6.07) is 0. The van der Waals surface area contributed by atoms with Crippen LogP contribution in [0.25, 0.3) is 0 Å². The molecule has 0 saturated heterocycles. The molecule has 0 aromatic rings. The Labute approximate surface area is 92.1 Å². The first-order valence-corrected chi connectivity index (χ1v) is 5.34. The number of allylic oxidation sites excluding steroid dienone is 1. The minimum Gasteiger partial charge on any atom is -0.373 e. The number of ether oxygens (including phenoxy) is 1. The summed E-state index contributed by atoms with van der Waals surface area (Å²) in [5.41, 5.74) is 0.968. The molecule has 0 heterocycles. The van der Waals surface area contributed by atoms with Crippen LogP contribution >= 0.6 is 0 Å². The molecule has 1 aliphatic rings. The highest BCUT2D eigenvalue weighted by Gasteiger charge is 2.57. The van der Waals surface area contributed by atoms with Crippen molar-refractivity contribution in [2.24, 2.45) is 5.41 Å². The maximum Gasteiger partial charge on any atom is 0.230 e. The lowest BCUT2D eigenvalue weighted by Crippen LogP contribution is -2.31. The summed E-state index contributed by atoms with van der Waals surface area (Å²) in [7, 11) is 3.58. The van der Waals surface area contributed by atoms with E-state index < -0.39 is 0 Å². The molecule has 0 aromatic carbocycles. The molecule has 3 nitrogen and oxygen atoms in total. The summed E-state index contributed by atoms with van der Waals surface area (Å²) >= 11 is 0. The van der Waals surface area contributed by atoms with Crippen LogP contribution < -0.4 is 0 Å². The number of amides is 1. The van der Waals surface area contributed by atoms with E-state index in [0.29, 0.717) is 6.61 Å². The molecule has 1 saturated carbocycles. The van der Waals surface area contributed by atoms with Crippen LogP contribution in [0.1, 0.15) is 27.2 Å². The molecule has 3 heteroatoms. The third-order valence-electron chi connectivity index (χ3n) is 2.84. The number of hydrogen-bond donors (Lipinski definition) is 0. The fraction of sp³-hybridized carbons (Fsp3) is 0.750. The molecule has 0 bridgehead atoms. The van der Waals surface area contributed by atoms with Gasteiger partial charge in [-0.25, -0.2) is 0 Å². The van der Waals surface area contributed by atoms with Gasteiger partial charge in [0.25, 0.3) is 0 Å². The SMILES string of the molecule is CC(C)=CCO[C@@H]1C[C@]1(C)C(=O)N(C)C. The second-order valence-corrected chi connectivity index (χ2v) is 4.92. The van der Waals surface area contributed by atoms with Crippen LogP contribution in [0.2, 0.25) is 0 Å². The maximum absolute atomic E-state index is 11.8. The molecule has 15 heavy (non-hydrogen) atoms. The Bertz CT molecular complexity index is 279. The van der Waals surface area contributed by atoms with Crippen LogP contribution in [0.3, 0.4) is 0 Å². The van der Waals surface area contributed by atoms with Crippen LogP contribution in [0.5, 0.6) is 0 Å². The normalized spacial score (nSPS) is 28.5. The van der Waals surface area contributed by atoms with Crippen molar-refractivity contribution in [1.82, 2.24) is 4.90 Å². The van der Waals surface area contributed by atoms with Gasteiger partial charge in [-0.1, -0.05) is 11.6 Å². The van der Waals surface area contributed by atoms with Gasteiger partial charge in [-0.2, -0.15) is 0 Å². The lowest BCUT2D eigenvalue weighted by atomic mass is 10.1. The number of nitrogens with zero attached hydrogens (tertiary/aromatic N) is 1. The Hall–Kier alpha value is -0.830. The number of hydrogen-bond acceptors (Lipinski definition) is 2. The van der Waals surface area contributed by atoms with Gasteiger partial charge in [0.2, 0.25) is 5.91 Å². The molecular weight excluding hydrogens is 190 g/mol. The van der Waals surface area contributed by atoms with E-state index in [4.69, 9.17) is 4.74 Å². The fourth-order valence-electron chi connectivity index (χ4n) is 1.64. The first-order chi connectivity index (χ1) is 6.88. The fourth-order valence-corrected chi connectivity index (χ4v) is 1.64. The molecule has 0 unspecified atom stereocenters. The van der Waals surface area contributed by atoms with Crippen LogP contribution in [-0.4, -0.2) is 37.6 Å². The number of rotatable bonds is 4. The van der Waals surface area contributed by atoms with Gasteiger partial charge in [-0.15, -0.1) is 0 Å². The summed E-state index contributed by atoms with van der Waals surface area (Å²) < 4.78 is 5.63. The van der Waals surface area contributed by atoms with Crippen molar-refractivity contribution in [3.05, 3.63) is 11.6 Å². The largest absolute Gasteiger partial charge is 0.373 e. The van der Waals surface area contributed by atoms with Crippen molar-refractivity contribution < 1.29 is 9.53 Å². The van der Waals surface area contributed by atoms with Crippen LogP contribution in [0, 0.1) is 5.41 Å². The Morgan fingerprint density at radius 3 is 2.60 bits per heavy atom. The summed E-state index contributed by atoms with van der Waals surface area (Å²) in [6.07, 6.45) is 2.99. The average molecular weight is 211 g/mol. The molecule has 86 valence electrons. The van der Waals surface area contributed by atoms with Crippen LogP contribution in [0.4, 0.5) is 0 Å². The molecular formula is C12H21NO2. The first kappa shape index (κ1) is 12.2. The highest BCUT2D eigenvalue weighted by Crippen LogP contribution is 2.49. The van der Waals surface area contributed by atoms with E-state index >= 15 is 0 Å². The van der Waals surface area contributed by atoms with Crippen molar-refractivity contribution in [3.8, 4) is 0 Å². The molecule has 1 amide bonds. The monoisotopic (exact) mass is 211 g/mol. The van der Waals surface area contributed by atoms with Crippen LogP contribution in [-0.2, 0) is 9.53 Å². The number of carbonyl (C=O) groups is 1. The summed E-state index contributed by atoms with van der Waals surface area (Å²) in [6.45, 7) is 6.67. The first-order valence-electron chi connectivity index (χ1n) is 5.34. The highest BCUT2D eigenvalue weighted by atomic mass is 16.5. The smallest absolute Gasteiger partial charge is 0.230 e. The Kier molecular flexibility index (Phi) is 3.55. The molecule has 1 fully saturated rings. The quantitative estimate of drug-likeness (QED) is 0.664. The van der Waals surface area contributed by atoms with Crippen molar-refractivity contribution in [1.29, 1.82) is 0 Å². The highest BCUT2D eigenvalue weighted by molar-refractivity contribution is 5.85.